The first-order valence-electron chi connectivity index (χ1n) is 5.66. The zero-order chi connectivity index (χ0) is 13.5. The molecule has 0 bridgehead atoms. The maximum Gasteiger partial charge on any atom is 0.232 e. The van der Waals surface area contributed by atoms with Gasteiger partial charge in [0, 0.05) is 13.6 Å². The number of anilines is 2. The molecule has 0 fully saturated rings. The molecule has 1 aromatic rings. The first-order chi connectivity index (χ1) is 8.32. The molecule has 1 aliphatic rings. The third kappa shape index (κ3) is 2.08. The number of carbonyl (C=O) groups excluding carboxylic acids is 1. The van der Waals surface area contributed by atoms with Gasteiger partial charge in [-0.3, -0.25) is 9.10 Å². The lowest BCUT2D eigenvalue weighted by atomic mass is 10.1. The average Bonchev–Trinajstić information content (AvgIpc) is 2.40. The molecule has 0 saturated carbocycles. The number of nitrogens with zero attached hydrogens (tertiary/aromatic N) is 2. The number of fused-ring (bicyclic) bond motifs is 1. The predicted octanol–water partition coefficient (Wildman–Crippen LogP) is 1.07. The molecule has 1 amide bonds. The van der Waals surface area contributed by atoms with E-state index in [-0.39, 0.29) is 18.4 Å². The summed E-state index contributed by atoms with van der Waals surface area (Å²) in [5.74, 6) is -0.439. The topological polar surface area (TPSA) is 57.7 Å². The van der Waals surface area contributed by atoms with E-state index in [1.807, 2.05) is 0 Å². The molecule has 0 unspecified atom stereocenters. The van der Waals surface area contributed by atoms with Gasteiger partial charge in [-0.05, 0) is 12.1 Å². The van der Waals surface area contributed by atoms with Crippen LogP contribution < -0.4 is 9.21 Å². The molecule has 18 heavy (non-hydrogen) atoms. The van der Waals surface area contributed by atoms with Crippen LogP contribution in [-0.4, -0.2) is 34.2 Å². The number of carbonyl (C=O) groups is 1. The van der Waals surface area contributed by atoms with E-state index in [1.165, 1.54) is 9.21 Å². The Morgan fingerprint density at radius 3 is 2.33 bits per heavy atom. The first-order valence-corrected chi connectivity index (χ1v) is 7.51. The van der Waals surface area contributed by atoms with Crippen molar-refractivity contribution < 1.29 is 13.2 Å². The zero-order valence-corrected chi connectivity index (χ0v) is 11.4. The molecule has 6 heteroatoms. The number of amides is 1. The molecule has 0 N–H and O–H groups in total. The number of sulfonamides is 1. The molecule has 2 rings (SSSR count). The second kappa shape index (κ2) is 4.28. The first kappa shape index (κ1) is 12.9. The largest absolute Gasteiger partial charge is 0.313 e. The number of rotatable bonds is 1. The van der Waals surface area contributed by atoms with Gasteiger partial charge in [-0.25, -0.2) is 8.42 Å². The monoisotopic (exact) mass is 268 g/mol. The van der Waals surface area contributed by atoms with Crippen LogP contribution in [0.4, 0.5) is 11.4 Å². The highest BCUT2D eigenvalue weighted by molar-refractivity contribution is 7.92. The lowest BCUT2D eigenvalue weighted by Crippen LogP contribution is -2.36. The fraction of sp³-hybridized carbons (Fsp3) is 0.417. The Hall–Kier alpha value is -1.56. The summed E-state index contributed by atoms with van der Waals surface area (Å²) in [5, 5.41) is 0. The van der Waals surface area contributed by atoms with E-state index < -0.39 is 10.0 Å². The van der Waals surface area contributed by atoms with Crippen molar-refractivity contribution in [3.63, 3.8) is 0 Å². The van der Waals surface area contributed by atoms with E-state index in [2.05, 4.69) is 0 Å². The highest BCUT2D eigenvalue weighted by Crippen LogP contribution is 2.34. The van der Waals surface area contributed by atoms with Crippen molar-refractivity contribution in [1.82, 2.24) is 0 Å². The lowest BCUT2D eigenvalue weighted by Gasteiger charge is -2.23. The van der Waals surface area contributed by atoms with Crippen molar-refractivity contribution in [2.45, 2.75) is 6.92 Å². The van der Waals surface area contributed by atoms with Crippen LogP contribution in [0.15, 0.2) is 24.3 Å². The van der Waals surface area contributed by atoms with Gasteiger partial charge in [0.25, 0.3) is 0 Å². The Morgan fingerprint density at radius 1 is 1.22 bits per heavy atom. The van der Waals surface area contributed by atoms with Gasteiger partial charge in [0.1, 0.15) is 0 Å². The van der Waals surface area contributed by atoms with E-state index >= 15 is 0 Å². The Morgan fingerprint density at radius 2 is 1.78 bits per heavy atom. The van der Waals surface area contributed by atoms with Crippen LogP contribution in [0, 0.1) is 5.92 Å². The molecule has 98 valence electrons. The van der Waals surface area contributed by atoms with Gasteiger partial charge >= 0.3 is 0 Å². The highest BCUT2D eigenvalue weighted by Gasteiger charge is 2.32. The molecular formula is C12H16N2O3S. The lowest BCUT2D eigenvalue weighted by molar-refractivity contribution is -0.121. The van der Waals surface area contributed by atoms with Gasteiger partial charge in [0.15, 0.2) is 0 Å². The zero-order valence-electron chi connectivity index (χ0n) is 10.6. The minimum atomic E-state index is -3.39. The molecule has 1 atom stereocenters. The quantitative estimate of drug-likeness (QED) is 0.765. The maximum atomic E-state index is 12.1. The number of benzene rings is 1. The highest BCUT2D eigenvalue weighted by atomic mass is 32.2. The van der Waals surface area contributed by atoms with E-state index in [0.717, 1.165) is 6.26 Å². The van der Waals surface area contributed by atoms with Crippen LogP contribution in [0.25, 0.3) is 0 Å². The van der Waals surface area contributed by atoms with E-state index in [9.17, 15) is 13.2 Å². The van der Waals surface area contributed by atoms with Crippen molar-refractivity contribution in [3.8, 4) is 0 Å². The SMILES string of the molecule is C[C@H]1CN(S(C)(=O)=O)c2ccccc2N(C)C1=O. The Labute approximate surface area is 107 Å². The molecule has 0 aromatic heterocycles. The minimum Gasteiger partial charge on any atom is -0.313 e. The molecule has 1 aliphatic heterocycles. The van der Waals surface area contributed by atoms with E-state index in [1.54, 1.807) is 38.2 Å². The molecule has 5 nitrogen and oxygen atoms in total. The Balaban J connectivity index is 2.65. The van der Waals surface area contributed by atoms with Crippen LogP contribution in [0.5, 0.6) is 0 Å². The van der Waals surface area contributed by atoms with Crippen LogP contribution in [-0.2, 0) is 14.8 Å². The average molecular weight is 268 g/mol. The van der Waals surface area contributed by atoms with Gasteiger partial charge in [0.05, 0.1) is 23.5 Å². The summed E-state index contributed by atoms with van der Waals surface area (Å²) in [5.41, 5.74) is 1.18. The van der Waals surface area contributed by atoms with Crippen LogP contribution >= 0.6 is 0 Å². The van der Waals surface area contributed by atoms with Crippen LogP contribution in [0.1, 0.15) is 6.92 Å². The van der Waals surface area contributed by atoms with Gasteiger partial charge in [0.2, 0.25) is 15.9 Å². The van der Waals surface area contributed by atoms with Crippen LogP contribution in [0.2, 0.25) is 0 Å². The van der Waals surface area contributed by atoms with Crippen molar-refractivity contribution in [1.29, 1.82) is 0 Å². The van der Waals surface area contributed by atoms with Gasteiger partial charge in [-0.1, -0.05) is 19.1 Å². The van der Waals surface area contributed by atoms with E-state index in [4.69, 9.17) is 0 Å². The molecule has 0 radical (unpaired) electrons. The van der Waals surface area contributed by atoms with E-state index in [0.29, 0.717) is 11.4 Å². The summed E-state index contributed by atoms with van der Waals surface area (Å²) in [4.78, 5) is 13.6. The standard InChI is InChI=1S/C12H16N2O3S/c1-9-8-14(18(3,16)17)11-7-5-4-6-10(11)13(2)12(9)15/h4-7,9H,8H2,1-3H3/t9-/m0/s1. The second-order valence-electron chi connectivity index (χ2n) is 4.58. The maximum absolute atomic E-state index is 12.1. The second-order valence-corrected chi connectivity index (χ2v) is 6.49. The summed E-state index contributed by atoms with van der Waals surface area (Å²) in [6.45, 7) is 1.92. The van der Waals surface area contributed by atoms with Gasteiger partial charge in [-0.2, -0.15) is 0 Å². The summed E-state index contributed by atoms with van der Waals surface area (Å²) < 4.78 is 25.0. The Kier molecular flexibility index (Phi) is 3.06. The third-order valence-electron chi connectivity index (χ3n) is 3.10. The molecule has 0 aliphatic carbocycles. The molecule has 1 aromatic carbocycles. The molecule has 1 heterocycles. The van der Waals surface area contributed by atoms with Crippen molar-refractivity contribution in [2.75, 3.05) is 29.1 Å². The minimum absolute atomic E-state index is 0.0754. The fourth-order valence-corrected chi connectivity index (χ4v) is 3.15. The predicted molar refractivity (Wildman–Crippen MR) is 71.2 cm³/mol. The van der Waals surface area contributed by atoms with Crippen molar-refractivity contribution >= 4 is 27.3 Å². The summed E-state index contributed by atoms with van der Waals surface area (Å²) in [6.07, 6.45) is 1.16. The summed E-state index contributed by atoms with van der Waals surface area (Å²) >= 11 is 0. The molecule has 0 spiro atoms. The normalized spacial score (nSPS) is 20.6. The van der Waals surface area contributed by atoms with Gasteiger partial charge < -0.3 is 4.90 Å². The molecular weight excluding hydrogens is 252 g/mol. The van der Waals surface area contributed by atoms with Gasteiger partial charge in [-0.15, -0.1) is 0 Å². The number of hydrogen-bond donors (Lipinski definition) is 0. The van der Waals surface area contributed by atoms with Crippen molar-refractivity contribution in [2.24, 2.45) is 5.92 Å². The molecule has 0 saturated heterocycles. The van der Waals surface area contributed by atoms with Crippen molar-refractivity contribution in [3.05, 3.63) is 24.3 Å². The summed E-state index contributed by atoms with van der Waals surface area (Å²) in [6, 6.07) is 7.03. The van der Waals surface area contributed by atoms with Crippen LogP contribution in [0.3, 0.4) is 0 Å². The smallest absolute Gasteiger partial charge is 0.232 e. The Bertz CT molecular complexity index is 583. The number of para-hydroxylation sites is 2. The third-order valence-corrected chi connectivity index (χ3v) is 4.25. The number of hydrogen-bond acceptors (Lipinski definition) is 3. The fourth-order valence-electron chi connectivity index (χ4n) is 2.15. The summed E-state index contributed by atoms with van der Waals surface area (Å²) in [7, 11) is -1.72.